The van der Waals surface area contributed by atoms with E-state index >= 15 is 0 Å². The van der Waals surface area contributed by atoms with Gasteiger partial charge in [0, 0.05) is 53.2 Å². The van der Waals surface area contributed by atoms with Crippen molar-refractivity contribution in [3.05, 3.63) is 76.8 Å². The summed E-state index contributed by atoms with van der Waals surface area (Å²) in [4.78, 5) is 23.2. The first kappa shape index (κ1) is 18.7. The summed E-state index contributed by atoms with van der Waals surface area (Å²) in [5, 5.41) is 0.725. The lowest BCUT2D eigenvalue weighted by molar-refractivity contribution is -0.126. The number of aromatic nitrogens is 1. The molecule has 3 aromatic rings. The molecule has 0 unspecified atom stereocenters. The molecule has 142 valence electrons. The average molecular weight is 410 g/mol. The van der Waals surface area contributed by atoms with E-state index in [1.165, 1.54) is 0 Å². The first-order valence-electron chi connectivity index (χ1n) is 9.18. The van der Waals surface area contributed by atoms with Crippen LogP contribution in [-0.2, 0) is 4.79 Å². The van der Waals surface area contributed by atoms with Crippen molar-refractivity contribution in [2.24, 2.45) is 0 Å². The molecule has 4 rings (SSSR count). The number of carbonyl (C=O) groups excluding carboxylic acids is 1. The van der Waals surface area contributed by atoms with Crippen LogP contribution in [0, 0.1) is 0 Å². The number of amides is 1. The molecule has 6 heteroatoms. The van der Waals surface area contributed by atoms with Crippen molar-refractivity contribution in [1.82, 2.24) is 9.88 Å². The van der Waals surface area contributed by atoms with Gasteiger partial charge in [-0.1, -0.05) is 29.8 Å². The first-order valence-corrected chi connectivity index (χ1v) is 10.4. The van der Waals surface area contributed by atoms with E-state index in [1.807, 2.05) is 59.5 Å². The highest BCUT2D eigenvalue weighted by Gasteiger charge is 2.20. The zero-order chi connectivity index (χ0) is 19.3. The van der Waals surface area contributed by atoms with E-state index in [-0.39, 0.29) is 5.91 Å². The lowest BCUT2D eigenvalue weighted by atomic mass is 10.2. The van der Waals surface area contributed by atoms with E-state index in [2.05, 4.69) is 16.0 Å². The summed E-state index contributed by atoms with van der Waals surface area (Å²) < 4.78 is 0. The largest absolute Gasteiger partial charge is 0.353 e. The van der Waals surface area contributed by atoms with E-state index in [0.29, 0.717) is 13.1 Å². The Bertz CT molecular complexity index is 978. The molecular formula is C22H20ClN3OS. The summed E-state index contributed by atoms with van der Waals surface area (Å²) in [6, 6.07) is 17.8. The molecule has 1 saturated heterocycles. The van der Waals surface area contributed by atoms with Gasteiger partial charge in [0.25, 0.3) is 0 Å². The van der Waals surface area contributed by atoms with Crippen molar-refractivity contribution in [2.45, 2.75) is 0 Å². The highest BCUT2D eigenvalue weighted by Crippen LogP contribution is 2.30. The molecule has 3 heterocycles. The molecular weight excluding hydrogens is 390 g/mol. The fraction of sp³-hybridized carbons (Fsp3) is 0.182. The van der Waals surface area contributed by atoms with Gasteiger partial charge in [-0.3, -0.25) is 4.79 Å². The topological polar surface area (TPSA) is 36.4 Å². The number of rotatable bonds is 4. The smallest absolute Gasteiger partial charge is 0.246 e. The fourth-order valence-corrected chi connectivity index (χ4v) is 4.29. The van der Waals surface area contributed by atoms with Crippen molar-refractivity contribution in [3.8, 4) is 10.4 Å². The minimum atomic E-state index is 0.0541. The van der Waals surface area contributed by atoms with Crippen LogP contribution in [0.1, 0.15) is 4.88 Å². The lowest BCUT2D eigenvalue weighted by Gasteiger charge is -2.34. The standard InChI is InChI=1S/C22H20ClN3OS/c23-18-5-3-4-17(16-18)20-9-7-19(28-20)8-10-22(27)26-14-12-25(13-15-26)21-6-1-2-11-24-21/h1-11,16H,12-15H2/b10-8+. The summed E-state index contributed by atoms with van der Waals surface area (Å²) >= 11 is 7.72. The van der Waals surface area contributed by atoms with Gasteiger partial charge in [0.05, 0.1) is 0 Å². The van der Waals surface area contributed by atoms with Gasteiger partial charge in [-0.25, -0.2) is 4.98 Å². The fourth-order valence-electron chi connectivity index (χ4n) is 3.19. The SMILES string of the molecule is O=C(/C=C/c1ccc(-c2cccc(Cl)c2)s1)N1CCN(c2ccccn2)CC1. The number of hydrogen-bond acceptors (Lipinski definition) is 4. The van der Waals surface area contributed by atoms with Crippen molar-refractivity contribution in [1.29, 1.82) is 0 Å². The van der Waals surface area contributed by atoms with Crippen LogP contribution >= 0.6 is 22.9 Å². The lowest BCUT2D eigenvalue weighted by Crippen LogP contribution is -2.48. The summed E-state index contributed by atoms with van der Waals surface area (Å²) in [6.07, 6.45) is 5.37. The molecule has 28 heavy (non-hydrogen) atoms. The maximum absolute atomic E-state index is 12.5. The van der Waals surface area contributed by atoms with Gasteiger partial charge in [-0.15, -0.1) is 11.3 Å². The van der Waals surface area contributed by atoms with Gasteiger partial charge in [-0.2, -0.15) is 0 Å². The van der Waals surface area contributed by atoms with Crippen molar-refractivity contribution < 1.29 is 4.79 Å². The van der Waals surface area contributed by atoms with Crippen LogP contribution in [0.15, 0.2) is 66.9 Å². The third-order valence-corrected chi connectivity index (χ3v) is 6.03. The highest BCUT2D eigenvalue weighted by molar-refractivity contribution is 7.16. The molecule has 0 spiro atoms. The summed E-state index contributed by atoms with van der Waals surface area (Å²) in [6.45, 7) is 3.01. The number of thiophene rings is 1. The maximum atomic E-state index is 12.5. The number of nitrogens with zero attached hydrogens (tertiary/aromatic N) is 3. The van der Waals surface area contributed by atoms with E-state index in [0.717, 1.165) is 39.2 Å². The molecule has 2 aromatic heterocycles. The summed E-state index contributed by atoms with van der Waals surface area (Å²) in [7, 11) is 0. The van der Waals surface area contributed by atoms with Gasteiger partial charge in [0.2, 0.25) is 5.91 Å². The van der Waals surface area contributed by atoms with E-state index < -0.39 is 0 Å². The number of hydrogen-bond donors (Lipinski definition) is 0. The van der Waals surface area contributed by atoms with Crippen LogP contribution in [0.5, 0.6) is 0 Å². The molecule has 0 aliphatic carbocycles. The number of pyridine rings is 1. The van der Waals surface area contributed by atoms with Gasteiger partial charge < -0.3 is 9.80 Å². The molecule has 0 bridgehead atoms. The van der Waals surface area contributed by atoms with Crippen LogP contribution in [0.4, 0.5) is 5.82 Å². The third-order valence-electron chi connectivity index (χ3n) is 4.69. The van der Waals surface area contributed by atoms with Crippen molar-refractivity contribution in [3.63, 3.8) is 0 Å². The van der Waals surface area contributed by atoms with Crippen molar-refractivity contribution in [2.75, 3.05) is 31.1 Å². The second-order valence-corrected chi connectivity index (χ2v) is 8.10. The maximum Gasteiger partial charge on any atom is 0.246 e. The number of carbonyl (C=O) groups is 1. The van der Waals surface area contributed by atoms with Crippen LogP contribution in [-0.4, -0.2) is 42.0 Å². The number of piperazine rings is 1. The van der Waals surface area contributed by atoms with E-state index in [1.54, 1.807) is 23.6 Å². The normalized spacial score (nSPS) is 14.6. The number of benzene rings is 1. The van der Waals surface area contributed by atoms with E-state index in [4.69, 9.17) is 11.6 Å². The minimum Gasteiger partial charge on any atom is -0.353 e. The molecule has 1 amide bonds. The Balaban J connectivity index is 1.35. The minimum absolute atomic E-state index is 0.0541. The van der Waals surface area contributed by atoms with Crippen LogP contribution in [0.2, 0.25) is 5.02 Å². The Labute approximate surface area is 173 Å². The van der Waals surface area contributed by atoms with Crippen molar-refractivity contribution >= 4 is 40.7 Å². The predicted octanol–water partition coefficient (Wildman–Crippen LogP) is 4.83. The highest BCUT2D eigenvalue weighted by atomic mass is 35.5. The second-order valence-electron chi connectivity index (χ2n) is 6.55. The van der Waals surface area contributed by atoms with E-state index in [9.17, 15) is 4.79 Å². The molecule has 1 aromatic carbocycles. The quantitative estimate of drug-likeness (QED) is 0.579. The zero-order valence-corrected chi connectivity index (χ0v) is 16.9. The Morgan fingerprint density at radius 3 is 2.64 bits per heavy atom. The average Bonchev–Trinajstić information content (AvgIpc) is 3.22. The predicted molar refractivity (Wildman–Crippen MR) is 117 cm³/mol. The monoisotopic (exact) mass is 409 g/mol. The molecule has 4 nitrogen and oxygen atoms in total. The third kappa shape index (κ3) is 4.43. The molecule has 1 fully saturated rings. The Hall–Kier alpha value is -2.63. The summed E-state index contributed by atoms with van der Waals surface area (Å²) in [5.74, 6) is 1.02. The Morgan fingerprint density at radius 1 is 1.04 bits per heavy atom. The molecule has 0 radical (unpaired) electrons. The van der Waals surface area contributed by atoms with Crippen LogP contribution < -0.4 is 4.90 Å². The molecule has 0 N–H and O–H groups in total. The second kappa shape index (κ2) is 8.59. The number of halogens is 1. The van der Waals surface area contributed by atoms with Gasteiger partial charge in [0.1, 0.15) is 5.82 Å². The zero-order valence-electron chi connectivity index (χ0n) is 15.3. The first-order chi connectivity index (χ1) is 13.7. The molecule has 0 saturated carbocycles. The Morgan fingerprint density at radius 2 is 1.89 bits per heavy atom. The van der Waals surface area contributed by atoms with Gasteiger partial charge in [-0.05, 0) is 48.0 Å². The number of anilines is 1. The van der Waals surface area contributed by atoms with Gasteiger partial charge >= 0.3 is 0 Å². The van der Waals surface area contributed by atoms with Gasteiger partial charge in [0.15, 0.2) is 0 Å². The molecule has 1 aliphatic heterocycles. The Kier molecular flexibility index (Phi) is 5.74. The molecule has 0 atom stereocenters. The molecule has 1 aliphatic rings. The summed E-state index contributed by atoms with van der Waals surface area (Å²) in [5.41, 5.74) is 1.09. The van der Waals surface area contributed by atoms with Crippen LogP contribution in [0.25, 0.3) is 16.5 Å². The van der Waals surface area contributed by atoms with Crippen LogP contribution in [0.3, 0.4) is 0 Å².